The highest BCUT2D eigenvalue weighted by atomic mass is 19.1. The molecule has 1 atom stereocenters. The molecule has 1 saturated carbocycles. The van der Waals surface area contributed by atoms with Crippen molar-refractivity contribution < 1.29 is 4.39 Å². The van der Waals surface area contributed by atoms with Gasteiger partial charge in [-0.1, -0.05) is 31.9 Å². The molecule has 88 valence electrons. The average molecular weight is 221 g/mol. The summed E-state index contributed by atoms with van der Waals surface area (Å²) in [5.74, 6) is 0.805. The second kappa shape index (κ2) is 5.44. The van der Waals surface area contributed by atoms with Gasteiger partial charge in [0.1, 0.15) is 5.82 Å². The van der Waals surface area contributed by atoms with E-state index in [1.807, 2.05) is 12.1 Å². The van der Waals surface area contributed by atoms with Crippen molar-refractivity contribution >= 4 is 0 Å². The zero-order chi connectivity index (χ0) is 11.4. The Morgan fingerprint density at radius 3 is 2.56 bits per heavy atom. The Morgan fingerprint density at radius 2 is 2.00 bits per heavy atom. The van der Waals surface area contributed by atoms with Gasteiger partial charge >= 0.3 is 0 Å². The van der Waals surface area contributed by atoms with Gasteiger partial charge in [0.25, 0.3) is 0 Å². The van der Waals surface area contributed by atoms with Crippen molar-refractivity contribution in [2.24, 2.45) is 5.92 Å². The lowest BCUT2D eigenvalue weighted by molar-refractivity contribution is 0.444. The van der Waals surface area contributed by atoms with E-state index < -0.39 is 0 Å². The Balaban J connectivity index is 1.77. The molecule has 1 aromatic carbocycles. The largest absolute Gasteiger partial charge is 0.310 e. The van der Waals surface area contributed by atoms with Crippen molar-refractivity contribution in [3.63, 3.8) is 0 Å². The van der Waals surface area contributed by atoms with Crippen molar-refractivity contribution in [2.45, 2.75) is 45.2 Å². The molecule has 0 aliphatic heterocycles. The maximum Gasteiger partial charge on any atom is 0.123 e. The maximum atomic E-state index is 12.7. The third-order valence-electron chi connectivity index (χ3n) is 3.32. The molecule has 1 aliphatic rings. The molecular formula is C14H20FN. The number of hydrogen-bond donors (Lipinski definition) is 1. The summed E-state index contributed by atoms with van der Waals surface area (Å²) in [5, 5.41) is 3.55. The molecule has 2 heteroatoms. The molecule has 16 heavy (non-hydrogen) atoms. The number of benzene rings is 1. The Hall–Kier alpha value is -0.890. The number of rotatable bonds is 6. The van der Waals surface area contributed by atoms with E-state index in [0.29, 0.717) is 6.04 Å². The average Bonchev–Trinajstić information content (AvgIpc) is 3.10. The van der Waals surface area contributed by atoms with Crippen molar-refractivity contribution in [3.8, 4) is 0 Å². The quantitative estimate of drug-likeness (QED) is 0.775. The van der Waals surface area contributed by atoms with Crippen LogP contribution in [0, 0.1) is 11.7 Å². The van der Waals surface area contributed by atoms with Crippen LogP contribution in [0.2, 0.25) is 0 Å². The van der Waals surface area contributed by atoms with Gasteiger partial charge in [-0.3, -0.25) is 0 Å². The van der Waals surface area contributed by atoms with Crippen LogP contribution >= 0.6 is 0 Å². The summed E-state index contributed by atoms with van der Waals surface area (Å²) < 4.78 is 12.7. The monoisotopic (exact) mass is 221 g/mol. The van der Waals surface area contributed by atoms with Crippen LogP contribution < -0.4 is 5.32 Å². The fourth-order valence-electron chi connectivity index (χ4n) is 2.01. The van der Waals surface area contributed by atoms with Crippen LogP contribution in [0.1, 0.15) is 38.2 Å². The summed E-state index contributed by atoms with van der Waals surface area (Å²) in [6, 6.07) is 7.38. The Kier molecular flexibility index (Phi) is 3.94. The molecule has 0 aromatic heterocycles. The second-order valence-electron chi connectivity index (χ2n) is 4.79. The van der Waals surface area contributed by atoms with E-state index in [1.165, 1.54) is 37.8 Å². The fourth-order valence-corrected chi connectivity index (χ4v) is 2.01. The Bertz CT molecular complexity index is 316. The van der Waals surface area contributed by atoms with E-state index in [2.05, 4.69) is 12.2 Å². The zero-order valence-corrected chi connectivity index (χ0v) is 9.88. The van der Waals surface area contributed by atoms with Gasteiger partial charge in [0.2, 0.25) is 0 Å². The Labute approximate surface area is 97.1 Å². The topological polar surface area (TPSA) is 12.0 Å². The molecule has 0 bridgehead atoms. The summed E-state index contributed by atoms with van der Waals surface area (Å²) in [4.78, 5) is 0. The predicted molar refractivity (Wildman–Crippen MR) is 64.7 cm³/mol. The highest BCUT2D eigenvalue weighted by Gasteiger charge is 2.24. The summed E-state index contributed by atoms with van der Waals surface area (Å²) in [7, 11) is 0. The zero-order valence-electron chi connectivity index (χ0n) is 9.88. The van der Waals surface area contributed by atoms with Crippen molar-refractivity contribution in [1.29, 1.82) is 0 Å². The highest BCUT2D eigenvalue weighted by Crippen LogP contribution is 2.34. The normalized spacial score (nSPS) is 17.4. The number of nitrogens with one attached hydrogen (secondary N) is 1. The summed E-state index contributed by atoms with van der Waals surface area (Å²) in [6.07, 6.45) is 5.30. The van der Waals surface area contributed by atoms with Crippen LogP contribution in [0.5, 0.6) is 0 Å². The molecule has 0 radical (unpaired) electrons. The van der Waals surface area contributed by atoms with E-state index in [0.717, 1.165) is 18.0 Å². The Morgan fingerprint density at radius 1 is 1.31 bits per heavy atom. The van der Waals surface area contributed by atoms with E-state index in [4.69, 9.17) is 0 Å². The smallest absolute Gasteiger partial charge is 0.123 e. The van der Waals surface area contributed by atoms with Gasteiger partial charge in [0.05, 0.1) is 0 Å². The first-order valence-electron chi connectivity index (χ1n) is 6.25. The van der Waals surface area contributed by atoms with Crippen LogP contribution in [-0.2, 0) is 6.54 Å². The first kappa shape index (κ1) is 11.6. The molecule has 1 N–H and O–H groups in total. The molecule has 0 spiro atoms. The fraction of sp³-hybridized carbons (Fsp3) is 0.571. The molecule has 1 unspecified atom stereocenters. The minimum absolute atomic E-state index is 0.159. The van der Waals surface area contributed by atoms with Crippen LogP contribution in [-0.4, -0.2) is 6.04 Å². The maximum absolute atomic E-state index is 12.7. The summed E-state index contributed by atoms with van der Waals surface area (Å²) in [6.45, 7) is 3.08. The van der Waals surface area contributed by atoms with Gasteiger partial charge in [0, 0.05) is 12.6 Å². The lowest BCUT2D eigenvalue weighted by Crippen LogP contribution is -2.28. The molecule has 0 heterocycles. The molecule has 1 aliphatic carbocycles. The van der Waals surface area contributed by atoms with E-state index in [1.54, 1.807) is 0 Å². The van der Waals surface area contributed by atoms with E-state index in [9.17, 15) is 4.39 Å². The standard InChI is InChI=1S/C14H20FN/c1-2-14(9-11-3-4-11)16-10-12-5-7-13(15)8-6-12/h5-8,11,14,16H,2-4,9-10H2,1H3. The van der Waals surface area contributed by atoms with Crippen LogP contribution in [0.15, 0.2) is 24.3 Å². The second-order valence-corrected chi connectivity index (χ2v) is 4.79. The van der Waals surface area contributed by atoms with Gasteiger partial charge in [0.15, 0.2) is 0 Å². The lowest BCUT2D eigenvalue weighted by Gasteiger charge is -2.16. The van der Waals surface area contributed by atoms with Crippen molar-refractivity contribution in [1.82, 2.24) is 5.32 Å². The highest BCUT2D eigenvalue weighted by molar-refractivity contribution is 5.15. The van der Waals surface area contributed by atoms with E-state index in [-0.39, 0.29) is 5.82 Å². The first-order valence-corrected chi connectivity index (χ1v) is 6.25. The van der Waals surface area contributed by atoms with Gasteiger partial charge in [-0.2, -0.15) is 0 Å². The molecule has 0 saturated heterocycles. The van der Waals surface area contributed by atoms with Crippen LogP contribution in [0.3, 0.4) is 0 Å². The summed E-state index contributed by atoms with van der Waals surface area (Å²) in [5.41, 5.74) is 1.16. The first-order chi connectivity index (χ1) is 7.78. The molecule has 1 fully saturated rings. The van der Waals surface area contributed by atoms with Gasteiger partial charge in [-0.15, -0.1) is 0 Å². The van der Waals surface area contributed by atoms with Crippen LogP contribution in [0.25, 0.3) is 0 Å². The van der Waals surface area contributed by atoms with Crippen LogP contribution in [0.4, 0.5) is 4.39 Å². The van der Waals surface area contributed by atoms with Gasteiger partial charge in [-0.05, 0) is 36.5 Å². The lowest BCUT2D eigenvalue weighted by atomic mass is 10.1. The number of hydrogen-bond acceptors (Lipinski definition) is 1. The molecule has 1 aromatic rings. The van der Waals surface area contributed by atoms with E-state index >= 15 is 0 Å². The molecule has 1 nitrogen and oxygen atoms in total. The van der Waals surface area contributed by atoms with Gasteiger partial charge < -0.3 is 5.32 Å². The third-order valence-corrected chi connectivity index (χ3v) is 3.32. The SMILES string of the molecule is CCC(CC1CC1)NCc1ccc(F)cc1. The minimum Gasteiger partial charge on any atom is -0.310 e. The molecule has 0 amide bonds. The van der Waals surface area contributed by atoms with Gasteiger partial charge in [-0.25, -0.2) is 4.39 Å². The predicted octanol–water partition coefficient (Wildman–Crippen LogP) is 3.49. The molecule has 2 rings (SSSR count). The minimum atomic E-state index is -0.159. The van der Waals surface area contributed by atoms with Crippen molar-refractivity contribution in [2.75, 3.05) is 0 Å². The third kappa shape index (κ3) is 3.60. The number of halogens is 1. The molecular weight excluding hydrogens is 201 g/mol. The summed E-state index contributed by atoms with van der Waals surface area (Å²) >= 11 is 0. The van der Waals surface area contributed by atoms with Crippen molar-refractivity contribution in [3.05, 3.63) is 35.6 Å².